The minimum atomic E-state index is -0.187. The van der Waals surface area contributed by atoms with E-state index in [0.717, 1.165) is 44.5 Å². The Balaban J connectivity index is 1.36. The van der Waals surface area contributed by atoms with E-state index >= 15 is 0 Å². The molecule has 0 saturated heterocycles. The molecule has 0 bridgehead atoms. The normalized spacial score (nSPS) is 14.6. The summed E-state index contributed by atoms with van der Waals surface area (Å²) in [6.07, 6.45) is 0. The second kappa shape index (κ2) is 8.55. The maximum absolute atomic E-state index is 14.4. The van der Waals surface area contributed by atoms with Crippen molar-refractivity contribution in [3.05, 3.63) is 155 Å². The van der Waals surface area contributed by atoms with Crippen LogP contribution in [0.2, 0.25) is 0 Å². The molecule has 0 aliphatic carbocycles. The summed E-state index contributed by atoms with van der Waals surface area (Å²) in [5.74, 6) is 0. The average Bonchev–Trinajstić information content (AvgIpc) is 3.58. The first-order valence-electron chi connectivity index (χ1n) is 15.6. The average molecular weight is 577 g/mol. The molecule has 45 heavy (non-hydrogen) atoms. The van der Waals surface area contributed by atoms with Gasteiger partial charge in [0.25, 0.3) is 5.56 Å². The molecule has 7 aromatic rings. The van der Waals surface area contributed by atoms with Crippen LogP contribution in [0.15, 0.2) is 138 Å². The molecule has 0 fully saturated rings. The molecule has 0 amide bonds. The first-order chi connectivity index (χ1) is 22.0. The molecule has 3 aliphatic heterocycles. The van der Waals surface area contributed by atoms with E-state index in [2.05, 4.69) is 145 Å². The van der Waals surface area contributed by atoms with E-state index in [4.69, 9.17) is 0 Å². The van der Waals surface area contributed by atoms with Crippen molar-refractivity contribution in [2.24, 2.45) is 0 Å². The van der Waals surface area contributed by atoms with Crippen molar-refractivity contribution in [1.82, 2.24) is 9.27 Å². The van der Waals surface area contributed by atoms with Crippen molar-refractivity contribution >= 4 is 45.7 Å². The van der Waals surface area contributed by atoms with Crippen LogP contribution in [0.25, 0.3) is 38.8 Å². The second-order valence-corrected chi connectivity index (χ2v) is 13.0. The monoisotopic (exact) mass is 577 g/mol. The van der Waals surface area contributed by atoms with Crippen LogP contribution >= 0.6 is 0 Å². The Morgan fingerprint density at radius 3 is 2.02 bits per heavy atom. The Kier molecular flexibility index (Phi) is 4.72. The molecule has 1 aromatic heterocycles. The second-order valence-electron chi connectivity index (χ2n) is 13.0. The molecule has 0 unspecified atom stereocenters. The highest BCUT2D eigenvalue weighted by atomic mass is 16.1. The third kappa shape index (κ3) is 3.10. The van der Waals surface area contributed by atoms with E-state index in [0.29, 0.717) is 0 Å². The highest BCUT2D eigenvalue weighted by molar-refractivity contribution is 6.89. The number of fused-ring (bicyclic) bond motifs is 9. The van der Waals surface area contributed by atoms with Gasteiger partial charge in [-0.15, -0.1) is 0 Å². The fraction of sp³-hybridized carbons (Fsp3) is 0.0750. The van der Waals surface area contributed by atoms with Crippen LogP contribution in [0.5, 0.6) is 0 Å². The van der Waals surface area contributed by atoms with Gasteiger partial charge in [-0.2, -0.15) is 0 Å². The standard InChI is InChI=1S/C40H28BN3O/c1-40(2)30-16-9-10-19-33(30)42-35-23-28(26-14-7-4-8-15-26)24-36-37(35)41(32-18-11-17-31(40)38(32)42)44-34-22-27(25-12-5-3-6-13-25)20-21-29(34)39(45)43(36)44/h3-24H,1-2H3. The minimum Gasteiger partial charge on any atom is -0.311 e. The van der Waals surface area contributed by atoms with Crippen LogP contribution < -0.4 is 21.4 Å². The zero-order valence-corrected chi connectivity index (χ0v) is 25.0. The smallest absolute Gasteiger partial charge is 0.311 e. The fourth-order valence-electron chi connectivity index (χ4n) is 8.23. The van der Waals surface area contributed by atoms with Gasteiger partial charge in [0, 0.05) is 22.3 Å². The van der Waals surface area contributed by atoms with Crippen LogP contribution in [0, 0.1) is 0 Å². The lowest BCUT2D eigenvalue weighted by Crippen LogP contribution is -2.54. The van der Waals surface area contributed by atoms with Crippen molar-refractivity contribution in [3.63, 3.8) is 0 Å². The van der Waals surface area contributed by atoms with E-state index < -0.39 is 0 Å². The van der Waals surface area contributed by atoms with Crippen LogP contribution in [-0.4, -0.2) is 16.1 Å². The van der Waals surface area contributed by atoms with E-state index in [1.807, 2.05) is 16.8 Å². The molecule has 10 rings (SSSR count). The van der Waals surface area contributed by atoms with Crippen LogP contribution in [0.1, 0.15) is 25.0 Å². The quantitative estimate of drug-likeness (QED) is 0.199. The third-order valence-corrected chi connectivity index (χ3v) is 10.3. The van der Waals surface area contributed by atoms with Crippen molar-refractivity contribution in [2.45, 2.75) is 19.3 Å². The van der Waals surface area contributed by atoms with E-state index in [1.165, 1.54) is 33.4 Å². The van der Waals surface area contributed by atoms with Crippen molar-refractivity contribution in [1.29, 1.82) is 0 Å². The summed E-state index contributed by atoms with van der Waals surface area (Å²) in [5, 5.41) is 0.741. The zero-order chi connectivity index (χ0) is 30.0. The molecular weight excluding hydrogens is 549 g/mol. The van der Waals surface area contributed by atoms with Crippen molar-refractivity contribution in [2.75, 3.05) is 4.90 Å². The predicted octanol–water partition coefficient (Wildman–Crippen LogP) is 7.52. The number of hydrogen-bond donors (Lipinski definition) is 0. The van der Waals surface area contributed by atoms with Gasteiger partial charge in [0.15, 0.2) is 0 Å². The summed E-state index contributed by atoms with van der Waals surface area (Å²) in [6.45, 7) is 4.53. The number of aromatic nitrogens is 2. The predicted molar refractivity (Wildman–Crippen MR) is 186 cm³/mol. The fourth-order valence-corrected chi connectivity index (χ4v) is 8.23. The first kappa shape index (κ1) is 24.9. The summed E-state index contributed by atoms with van der Waals surface area (Å²) in [6, 6.07) is 47.4. The lowest BCUT2D eigenvalue weighted by atomic mass is 9.47. The number of nitrogens with zero attached hydrogens (tertiary/aromatic N) is 3. The van der Waals surface area contributed by atoms with Gasteiger partial charge in [-0.25, -0.2) is 4.68 Å². The lowest BCUT2D eigenvalue weighted by Gasteiger charge is -2.46. The van der Waals surface area contributed by atoms with Gasteiger partial charge >= 0.3 is 6.85 Å². The van der Waals surface area contributed by atoms with Crippen LogP contribution in [0.4, 0.5) is 17.1 Å². The molecule has 0 saturated carbocycles. The Morgan fingerprint density at radius 1 is 0.578 bits per heavy atom. The van der Waals surface area contributed by atoms with Gasteiger partial charge in [0.1, 0.15) is 0 Å². The highest BCUT2D eigenvalue weighted by Crippen LogP contribution is 2.53. The molecule has 0 radical (unpaired) electrons. The van der Waals surface area contributed by atoms with Crippen molar-refractivity contribution in [3.8, 4) is 27.9 Å². The van der Waals surface area contributed by atoms with Gasteiger partial charge in [0.05, 0.1) is 22.3 Å². The van der Waals surface area contributed by atoms with Crippen LogP contribution in [0.3, 0.4) is 0 Å². The maximum Gasteiger partial charge on any atom is 0.353 e. The molecule has 4 nitrogen and oxygen atoms in total. The summed E-state index contributed by atoms with van der Waals surface area (Å²) >= 11 is 0. The van der Waals surface area contributed by atoms with Gasteiger partial charge in [-0.05, 0) is 69.2 Å². The largest absolute Gasteiger partial charge is 0.353 e. The molecule has 3 aliphatic rings. The Bertz CT molecular complexity index is 2440. The van der Waals surface area contributed by atoms with Gasteiger partial charge in [0.2, 0.25) is 0 Å². The number of benzene rings is 6. The Labute approximate surface area is 261 Å². The molecule has 6 aromatic carbocycles. The lowest BCUT2D eigenvalue weighted by molar-refractivity contribution is 0.632. The summed E-state index contributed by atoms with van der Waals surface area (Å²) in [7, 11) is 0. The van der Waals surface area contributed by atoms with E-state index in [9.17, 15) is 4.79 Å². The van der Waals surface area contributed by atoms with Gasteiger partial charge in [-0.3, -0.25) is 4.79 Å². The molecular formula is C40H28BN3O. The molecule has 0 spiro atoms. The van der Waals surface area contributed by atoms with E-state index in [-0.39, 0.29) is 17.8 Å². The summed E-state index contributed by atoms with van der Waals surface area (Å²) in [4.78, 5) is 16.9. The topological polar surface area (TPSA) is 30.2 Å². The third-order valence-electron chi connectivity index (χ3n) is 10.3. The maximum atomic E-state index is 14.4. The van der Waals surface area contributed by atoms with Crippen molar-refractivity contribution < 1.29 is 0 Å². The number of para-hydroxylation sites is 2. The number of hydrogen-bond acceptors (Lipinski definition) is 2. The Morgan fingerprint density at radius 2 is 1.24 bits per heavy atom. The van der Waals surface area contributed by atoms with Crippen LogP contribution in [-0.2, 0) is 5.41 Å². The van der Waals surface area contributed by atoms with E-state index in [1.54, 1.807) is 0 Å². The molecule has 4 heterocycles. The van der Waals surface area contributed by atoms with Gasteiger partial charge in [-0.1, -0.05) is 117 Å². The Hall–Kier alpha value is -5.55. The SMILES string of the molecule is CC1(C)c2ccccc2N2c3cc(-c4ccccc4)cc4c3B(c3cccc1c32)n1c2cc(-c3ccccc3)ccc2c(=O)n1-4. The van der Waals surface area contributed by atoms with Gasteiger partial charge < -0.3 is 9.49 Å². The minimum absolute atomic E-state index is 0.0197. The highest BCUT2D eigenvalue weighted by Gasteiger charge is 2.49. The first-order valence-corrected chi connectivity index (χ1v) is 15.6. The zero-order valence-electron chi connectivity index (χ0n) is 25.0. The molecule has 0 N–H and O–H groups in total. The molecule has 5 heteroatoms. The molecule has 0 atom stereocenters. The number of anilines is 3. The molecule has 212 valence electrons. The summed E-state index contributed by atoms with van der Waals surface area (Å²) in [5.41, 5.74) is 14.8. The number of rotatable bonds is 2. The summed E-state index contributed by atoms with van der Waals surface area (Å²) < 4.78 is 4.22.